The summed E-state index contributed by atoms with van der Waals surface area (Å²) in [7, 11) is 0. The molecule has 0 spiro atoms. The molecule has 0 aromatic rings. The Hall–Kier alpha value is -1.28. The van der Waals surface area contributed by atoms with Gasteiger partial charge in [0.05, 0.1) is 19.1 Å². The molecule has 11 heavy (non-hydrogen) atoms. The zero-order chi connectivity index (χ0) is 7.68. The fourth-order valence-electron chi connectivity index (χ4n) is 1.17. The molecule has 0 bridgehead atoms. The SMILES string of the molecule is OCc1cc2ccocc-2c1. The Morgan fingerprint density at radius 2 is 2.09 bits per heavy atom. The average Bonchev–Trinajstić information content (AvgIpc) is 2.46. The second-order valence-corrected chi connectivity index (χ2v) is 2.49. The lowest BCUT2D eigenvalue weighted by Gasteiger charge is -1.91. The molecule has 0 fully saturated rings. The summed E-state index contributed by atoms with van der Waals surface area (Å²) in [6.45, 7) is 0.0919. The molecule has 2 aliphatic rings. The van der Waals surface area contributed by atoms with Crippen molar-refractivity contribution >= 4 is 0 Å². The number of rotatable bonds is 1. The Morgan fingerprint density at radius 3 is 2.82 bits per heavy atom. The molecule has 2 rings (SSSR count). The molecule has 0 radical (unpaired) electrons. The molecule has 56 valence electrons. The van der Waals surface area contributed by atoms with Gasteiger partial charge in [0.25, 0.3) is 0 Å². The highest BCUT2D eigenvalue weighted by atomic mass is 16.3. The van der Waals surface area contributed by atoms with Crippen LogP contribution in [0.15, 0.2) is 35.1 Å². The minimum atomic E-state index is 0.0919. The van der Waals surface area contributed by atoms with Crippen LogP contribution in [0.1, 0.15) is 5.56 Å². The van der Waals surface area contributed by atoms with Crippen LogP contribution in [0.5, 0.6) is 0 Å². The summed E-state index contributed by atoms with van der Waals surface area (Å²) in [5.74, 6) is 0. The van der Waals surface area contributed by atoms with Crippen LogP contribution >= 0.6 is 0 Å². The molecule has 0 unspecified atom stereocenters. The highest BCUT2D eigenvalue weighted by Crippen LogP contribution is 2.25. The first-order valence-corrected chi connectivity index (χ1v) is 3.46. The number of fused-ring (bicyclic) bond motifs is 1. The molecule has 0 atom stereocenters. The second-order valence-electron chi connectivity index (χ2n) is 2.49. The van der Waals surface area contributed by atoms with Crippen LogP contribution in [-0.2, 0) is 6.61 Å². The highest BCUT2D eigenvalue weighted by Gasteiger charge is 2.04. The standard InChI is InChI=1S/C9H8O2/c10-5-7-3-8-1-2-11-6-9(8)4-7/h1-4,6,10H,5H2. The summed E-state index contributed by atoms with van der Waals surface area (Å²) in [6, 6.07) is 5.75. The Labute approximate surface area is 64.4 Å². The first kappa shape index (κ1) is 6.43. The predicted octanol–water partition coefficient (Wildman–Crippen LogP) is 1.88. The third-order valence-electron chi connectivity index (χ3n) is 1.72. The van der Waals surface area contributed by atoms with Crippen LogP contribution in [0.3, 0.4) is 0 Å². The van der Waals surface area contributed by atoms with Gasteiger partial charge >= 0.3 is 0 Å². The van der Waals surface area contributed by atoms with Crippen molar-refractivity contribution in [3.8, 4) is 11.1 Å². The molecule has 1 aliphatic carbocycles. The largest absolute Gasteiger partial charge is 0.472 e. The van der Waals surface area contributed by atoms with E-state index in [4.69, 9.17) is 9.52 Å². The zero-order valence-electron chi connectivity index (χ0n) is 5.95. The Morgan fingerprint density at radius 1 is 1.27 bits per heavy atom. The van der Waals surface area contributed by atoms with E-state index in [1.54, 1.807) is 12.5 Å². The van der Waals surface area contributed by atoms with E-state index >= 15 is 0 Å². The minimum absolute atomic E-state index is 0.0919. The number of hydrogen-bond donors (Lipinski definition) is 1. The lowest BCUT2D eigenvalue weighted by molar-refractivity contribution is 0.282. The second kappa shape index (κ2) is 2.40. The number of aliphatic hydroxyl groups is 1. The zero-order valence-corrected chi connectivity index (χ0v) is 5.95. The van der Waals surface area contributed by atoms with Gasteiger partial charge in [0.2, 0.25) is 0 Å². The molecular weight excluding hydrogens is 140 g/mol. The van der Waals surface area contributed by atoms with E-state index in [0.717, 1.165) is 16.7 Å². The van der Waals surface area contributed by atoms with Crippen molar-refractivity contribution in [2.24, 2.45) is 0 Å². The molecule has 0 aromatic heterocycles. The molecule has 0 saturated heterocycles. The van der Waals surface area contributed by atoms with Crippen molar-refractivity contribution in [3.05, 3.63) is 36.3 Å². The summed E-state index contributed by atoms with van der Waals surface area (Å²) < 4.78 is 4.97. The van der Waals surface area contributed by atoms with Gasteiger partial charge in [0, 0.05) is 5.56 Å². The van der Waals surface area contributed by atoms with E-state index in [9.17, 15) is 0 Å². The number of hydrogen-bond acceptors (Lipinski definition) is 2. The molecule has 2 heteroatoms. The monoisotopic (exact) mass is 148 g/mol. The maximum Gasteiger partial charge on any atom is 0.0979 e. The van der Waals surface area contributed by atoms with Gasteiger partial charge in [-0.05, 0) is 29.3 Å². The first-order valence-electron chi connectivity index (χ1n) is 3.46. The minimum Gasteiger partial charge on any atom is -0.472 e. The van der Waals surface area contributed by atoms with Crippen LogP contribution in [-0.4, -0.2) is 5.11 Å². The lowest BCUT2D eigenvalue weighted by atomic mass is 10.2. The van der Waals surface area contributed by atoms with E-state index in [1.165, 1.54) is 0 Å². The molecule has 0 saturated carbocycles. The van der Waals surface area contributed by atoms with Gasteiger partial charge in [-0.2, -0.15) is 0 Å². The van der Waals surface area contributed by atoms with Crippen molar-refractivity contribution in [3.63, 3.8) is 0 Å². The molecule has 1 aliphatic heterocycles. The van der Waals surface area contributed by atoms with Crippen LogP contribution < -0.4 is 0 Å². The summed E-state index contributed by atoms with van der Waals surface area (Å²) >= 11 is 0. The third-order valence-corrected chi connectivity index (χ3v) is 1.72. The summed E-state index contributed by atoms with van der Waals surface area (Å²) in [5, 5.41) is 8.81. The molecule has 0 amide bonds. The average molecular weight is 148 g/mol. The quantitative estimate of drug-likeness (QED) is 0.669. The summed E-state index contributed by atoms with van der Waals surface area (Å²) in [4.78, 5) is 0. The Kier molecular flexibility index (Phi) is 1.40. The number of aliphatic hydroxyl groups excluding tert-OH is 1. The van der Waals surface area contributed by atoms with Crippen molar-refractivity contribution in [2.45, 2.75) is 6.61 Å². The topological polar surface area (TPSA) is 33.4 Å². The maximum atomic E-state index is 8.81. The molecule has 1 heterocycles. The molecular formula is C9H8O2. The van der Waals surface area contributed by atoms with Crippen LogP contribution in [0.4, 0.5) is 0 Å². The van der Waals surface area contributed by atoms with E-state index in [2.05, 4.69) is 0 Å². The van der Waals surface area contributed by atoms with Crippen molar-refractivity contribution < 1.29 is 9.52 Å². The molecule has 0 aromatic carbocycles. The van der Waals surface area contributed by atoms with Gasteiger partial charge in [0.15, 0.2) is 0 Å². The van der Waals surface area contributed by atoms with Crippen molar-refractivity contribution in [2.75, 3.05) is 0 Å². The lowest BCUT2D eigenvalue weighted by Crippen LogP contribution is -1.72. The third kappa shape index (κ3) is 1.01. The van der Waals surface area contributed by atoms with Gasteiger partial charge in [0.1, 0.15) is 0 Å². The Balaban J connectivity index is 2.60. The summed E-state index contributed by atoms with van der Waals surface area (Å²) in [5.41, 5.74) is 3.08. The predicted molar refractivity (Wildman–Crippen MR) is 41.3 cm³/mol. The normalized spacial score (nSPS) is 10.6. The van der Waals surface area contributed by atoms with Crippen molar-refractivity contribution in [1.29, 1.82) is 0 Å². The smallest absolute Gasteiger partial charge is 0.0979 e. The Bertz CT molecular complexity index is 294. The van der Waals surface area contributed by atoms with Gasteiger partial charge in [-0.1, -0.05) is 0 Å². The van der Waals surface area contributed by atoms with Gasteiger partial charge < -0.3 is 9.52 Å². The summed E-state index contributed by atoms with van der Waals surface area (Å²) in [6.07, 6.45) is 3.30. The van der Waals surface area contributed by atoms with Crippen LogP contribution in [0.25, 0.3) is 11.1 Å². The maximum absolute atomic E-state index is 8.81. The van der Waals surface area contributed by atoms with Gasteiger partial charge in [-0.25, -0.2) is 0 Å². The first-order chi connectivity index (χ1) is 5.40. The fraction of sp³-hybridized carbons (Fsp3) is 0.111. The van der Waals surface area contributed by atoms with E-state index in [-0.39, 0.29) is 6.61 Å². The molecule has 2 nitrogen and oxygen atoms in total. The van der Waals surface area contributed by atoms with Crippen molar-refractivity contribution in [1.82, 2.24) is 0 Å². The highest BCUT2D eigenvalue weighted by molar-refractivity contribution is 5.66. The molecule has 1 N–H and O–H groups in total. The van der Waals surface area contributed by atoms with Crippen LogP contribution in [0.2, 0.25) is 0 Å². The van der Waals surface area contributed by atoms with E-state index in [1.807, 2.05) is 18.2 Å². The van der Waals surface area contributed by atoms with E-state index in [0.29, 0.717) is 0 Å². The fourth-order valence-corrected chi connectivity index (χ4v) is 1.17. The van der Waals surface area contributed by atoms with Crippen LogP contribution in [0, 0.1) is 0 Å². The van der Waals surface area contributed by atoms with Gasteiger partial charge in [-0.15, -0.1) is 0 Å². The van der Waals surface area contributed by atoms with E-state index < -0.39 is 0 Å². The van der Waals surface area contributed by atoms with Gasteiger partial charge in [-0.3, -0.25) is 0 Å².